The number of hydrogen-bond donors (Lipinski definition) is 1. The number of hydrogen-bond acceptors (Lipinski definition) is 4. The van der Waals surface area contributed by atoms with Gasteiger partial charge in [-0.25, -0.2) is 4.98 Å². The summed E-state index contributed by atoms with van der Waals surface area (Å²) in [5, 5.41) is 10.4. The second kappa shape index (κ2) is 6.04. The van der Waals surface area contributed by atoms with E-state index in [4.69, 9.17) is 0 Å². The molecule has 1 aliphatic rings. The third-order valence-corrected chi connectivity index (χ3v) is 5.03. The minimum absolute atomic E-state index is 0.273. The molecule has 0 saturated carbocycles. The van der Waals surface area contributed by atoms with Crippen LogP contribution in [0.25, 0.3) is 0 Å². The number of aromatic nitrogens is 1. The van der Waals surface area contributed by atoms with Crippen LogP contribution >= 0.6 is 11.3 Å². The molecule has 0 bridgehead atoms. The fourth-order valence-corrected chi connectivity index (χ4v) is 3.73. The normalized spacial score (nSPS) is 23.9. The number of aliphatic hydroxyl groups excluding tert-OH is 1. The Morgan fingerprint density at radius 3 is 2.80 bits per heavy atom. The smallest absolute Gasteiger partial charge is 0.0798 e. The molecule has 0 radical (unpaired) electrons. The summed E-state index contributed by atoms with van der Waals surface area (Å²) < 4.78 is 0. The molecule has 2 heterocycles. The summed E-state index contributed by atoms with van der Waals surface area (Å²) in [7, 11) is 0. The maximum absolute atomic E-state index is 10.4. The highest BCUT2D eigenvalue weighted by molar-refractivity contribution is 7.09. The molecule has 0 spiro atoms. The highest BCUT2D eigenvalue weighted by Crippen LogP contribution is 2.29. The molecule has 1 aromatic heterocycles. The first-order valence-electron chi connectivity index (χ1n) is 7.08. The van der Waals surface area contributed by atoms with Gasteiger partial charge in [0.2, 0.25) is 0 Å². The fraction of sp³-hybridized carbons (Fsp3) is 0.438. The molecule has 1 fully saturated rings. The average Bonchev–Trinajstić information content (AvgIpc) is 2.85. The lowest BCUT2D eigenvalue weighted by molar-refractivity contribution is 0.0480. The predicted molar refractivity (Wildman–Crippen MR) is 81.9 cm³/mol. The summed E-state index contributed by atoms with van der Waals surface area (Å²) in [6.07, 6.45) is 0.739. The highest BCUT2D eigenvalue weighted by Gasteiger charge is 2.29. The lowest BCUT2D eigenvalue weighted by Crippen LogP contribution is -2.42. The molecule has 106 valence electrons. The number of aliphatic hydroxyl groups is 1. The molecule has 20 heavy (non-hydrogen) atoms. The number of likely N-dealkylation sites (tertiary alicyclic amines) is 1. The Labute approximate surface area is 123 Å². The van der Waals surface area contributed by atoms with E-state index in [-0.39, 0.29) is 12.0 Å². The number of nitrogens with zero attached hydrogens (tertiary/aromatic N) is 2. The molecule has 1 aromatic carbocycles. The van der Waals surface area contributed by atoms with E-state index >= 15 is 0 Å². The van der Waals surface area contributed by atoms with Gasteiger partial charge in [0.25, 0.3) is 0 Å². The Balaban J connectivity index is 1.64. The van der Waals surface area contributed by atoms with Crippen molar-refractivity contribution in [1.82, 2.24) is 9.88 Å². The molecule has 0 amide bonds. The van der Waals surface area contributed by atoms with E-state index in [0.717, 1.165) is 31.7 Å². The first-order chi connectivity index (χ1) is 9.74. The quantitative estimate of drug-likeness (QED) is 0.943. The molecule has 3 nitrogen and oxygen atoms in total. The Morgan fingerprint density at radius 2 is 2.15 bits per heavy atom. The summed E-state index contributed by atoms with van der Waals surface area (Å²) in [6.45, 7) is 4.75. The SMILES string of the molecule is Cc1ncsc1CN1CC[C@H](c2ccccc2)[C@H](O)C1. The van der Waals surface area contributed by atoms with Crippen molar-refractivity contribution in [2.24, 2.45) is 0 Å². The van der Waals surface area contributed by atoms with Crippen LogP contribution in [0, 0.1) is 6.92 Å². The first kappa shape index (κ1) is 13.7. The lowest BCUT2D eigenvalue weighted by Gasteiger charge is -2.36. The van der Waals surface area contributed by atoms with Gasteiger partial charge < -0.3 is 5.11 Å². The maximum Gasteiger partial charge on any atom is 0.0798 e. The molecule has 4 heteroatoms. The van der Waals surface area contributed by atoms with E-state index < -0.39 is 0 Å². The second-order valence-corrected chi connectivity index (χ2v) is 6.41. The van der Waals surface area contributed by atoms with Crippen molar-refractivity contribution in [2.75, 3.05) is 13.1 Å². The zero-order valence-corrected chi connectivity index (χ0v) is 12.5. The number of β-amino-alcohol motifs (C(OH)–C–C–N with tert-alkyl or cyclic N) is 1. The number of benzene rings is 1. The van der Waals surface area contributed by atoms with E-state index in [1.54, 1.807) is 11.3 Å². The van der Waals surface area contributed by atoms with Crippen LogP contribution in [0.15, 0.2) is 35.8 Å². The van der Waals surface area contributed by atoms with Gasteiger partial charge >= 0.3 is 0 Å². The second-order valence-electron chi connectivity index (χ2n) is 5.47. The van der Waals surface area contributed by atoms with Crippen molar-refractivity contribution in [3.05, 3.63) is 52.0 Å². The number of piperidine rings is 1. The minimum Gasteiger partial charge on any atom is -0.391 e. The first-order valence-corrected chi connectivity index (χ1v) is 7.96. The van der Waals surface area contributed by atoms with Crippen molar-refractivity contribution in [1.29, 1.82) is 0 Å². The van der Waals surface area contributed by atoms with E-state index in [0.29, 0.717) is 0 Å². The maximum atomic E-state index is 10.4. The van der Waals surface area contributed by atoms with Crippen LogP contribution in [0.4, 0.5) is 0 Å². The van der Waals surface area contributed by atoms with Crippen LogP contribution in [0.1, 0.15) is 28.5 Å². The summed E-state index contributed by atoms with van der Waals surface area (Å²) in [6, 6.07) is 10.4. The van der Waals surface area contributed by atoms with Gasteiger partial charge in [0, 0.05) is 23.9 Å². The van der Waals surface area contributed by atoms with E-state index in [1.165, 1.54) is 10.4 Å². The van der Waals surface area contributed by atoms with E-state index in [1.807, 2.05) is 11.6 Å². The van der Waals surface area contributed by atoms with E-state index in [9.17, 15) is 5.11 Å². The van der Waals surface area contributed by atoms with Crippen LogP contribution in [0.2, 0.25) is 0 Å². The van der Waals surface area contributed by atoms with E-state index in [2.05, 4.69) is 41.1 Å². The summed E-state index contributed by atoms with van der Waals surface area (Å²) in [5.41, 5.74) is 4.28. The van der Waals surface area contributed by atoms with Crippen molar-refractivity contribution < 1.29 is 5.11 Å². The van der Waals surface area contributed by atoms with Crippen LogP contribution in [-0.4, -0.2) is 34.2 Å². The highest BCUT2D eigenvalue weighted by atomic mass is 32.1. The Kier molecular flexibility index (Phi) is 4.15. The van der Waals surface area contributed by atoms with Crippen LogP contribution in [-0.2, 0) is 6.54 Å². The third kappa shape index (κ3) is 2.92. The molecule has 1 saturated heterocycles. The monoisotopic (exact) mass is 288 g/mol. The molecule has 2 aromatic rings. The van der Waals surface area contributed by atoms with Gasteiger partial charge in [0.15, 0.2) is 0 Å². The zero-order valence-electron chi connectivity index (χ0n) is 11.7. The molecular weight excluding hydrogens is 268 g/mol. The number of thiazole rings is 1. The minimum atomic E-state index is -0.278. The molecule has 3 rings (SSSR count). The standard InChI is InChI=1S/C16H20N2OS/c1-12-16(20-11-17-12)10-18-8-7-14(15(19)9-18)13-5-3-2-4-6-13/h2-6,11,14-15,19H,7-10H2,1H3/t14-,15-/m1/s1. The largest absolute Gasteiger partial charge is 0.391 e. The molecule has 1 N–H and O–H groups in total. The predicted octanol–water partition coefficient (Wildman–Crippen LogP) is 2.80. The van der Waals surface area contributed by atoms with Crippen molar-refractivity contribution in [2.45, 2.75) is 31.9 Å². The molecular formula is C16H20N2OS. The molecule has 2 atom stereocenters. The summed E-state index contributed by atoms with van der Waals surface area (Å²) in [5.74, 6) is 0.273. The fourth-order valence-electron chi connectivity index (χ4n) is 2.91. The van der Waals surface area contributed by atoms with Crippen LogP contribution in [0.3, 0.4) is 0 Å². The van der Waals surface area contributed by atoms with Crippen LogP contribution in [0.5, 0.6) is 0 Å². The van der Waals surface area contributed by atoms with Gasteiger partial charge in [-0.05, 0) is 25.5 Å². The van der Waals surface area contributed by atoms with Gasteiger partial charge in [-0.15, -0.1) is 11.3 Å². The van der Waals surface area contributed by atoms with Crippen molar-refractivity contribution in [3.8, 4) is 0 Å². The number of aryl methyl sites for hydroxylation is 1. The van der Waals surface area contributed by atoms with Crippen molar-refractivity contribution >= 4 is 11.3 Å². The molecule has 0 aliphatic carbocycles. The van der Waals surface area contributed by atoms with Gasteiger partial charge in [-0.3, -0.25) is 4.90 Å². The van der Waals surface area contributed by atoms with Crippen molar-refractivity contribution in [3.63, 3.8) is 0 Å². The van der Waals surface area contributed by atoms with Gasteiger partial charge in [-0.2, -0.15) is 0 Å². The molecule has 0 unspecified atom stereocenters. The average molecular weight is 288 g/mol. The van der Waals surface area contributed by atoms with Gasteiger partial charge in [-0.1, -0.05) is 30.3 Å². The topological polar surface area (TPSA) is 36.4 Å². The zero-order chi connectivity index (χ0) is 13.9. The van der Waals surface area contributed by atoms with Crippen LogP contribution < -0.4 is 0 Å². The Morgan fingerprint density at radius 1 is 1.35 bits per heavy atom. The lowest BCUT2D eigenvalue weighted by atomic mass is 9.87. The van der Waals surface area contributed by atoms with Gasteiger partial charge in [0.1, 0.15) is 0 Å². The summed E-state index contributed by atoms with van der Waals surface area (Å²) >= 11 is 1.71. The van der Waals surface area contributed by atoms with Gasteiger partial charge in [0.05, 0.1) is 17.3 Å². The summed E-state index contributed by atoms with van der Waals surface area (Å²) in [4.78, 5) is 7.95. The number of rotatable bonds is 3. The Hall–Kier alpha value is -1.23. The third-order valence-electron chi connectivity index (χ3n) is 4.11. The Bertz CT molecular complexity index is 555. The molecule has 1 aliphatic heterocycles.